The van der Waals surface area contributed by atoms with Gasteiger partial charge in [0.2, 0.25) is 0 Å². The molecule has 0 amide bonds. The summed E-state index contributed by atoms with van der Waals surface area (Å²) in [7, 11) is 0. The minimum Gasteiger partial charge on any atom is -0.447 e. The summed E-state index contributed by atoms with van der Waals surface area (Å²) in [5, 5.41) is 3.28. The Labute approximate surface area is 120 Å². The quantitative estimate of drug-likeness (QED) is 0.870. The Balaban J connectivity index is 2.21. The van der Waals surface area contributed by atoms with Crippen molar-refractivity contribution in [2.75, 3.05) is 5.32 Å². The van der Waals surface area contributed by atoms with E-state index >= 15 is 0 Å². The summed E-state index contributed by atoms with van der Waals surface area (Å²) in [5.74, 6) is 0.540. The Bertz CT molecular complexity index is 552. The lowest BCUT2D eigenvalue weighted by atomic mass is 10.3. The van der Waals surface area contributed by atoms with Gasteiger partial charge in [0.05, 0.1) is 22.9 Å². The van der Waals surface area contributed by atoms with E-state index in [2.05, 4.69) is 31.0 Å². The highest BCUT2D eigenvalue weighted by Gasteiger charge is 2.15. The van der Waals surface area contributed by atoms with Gasteiger partial charge in [0, 0.05) is 5.02 Å². The van der Waals surface area contributed by atoms with E-state index in [0.717, 1.165) is 0 Å². The highest BCUT2D eigenvalue weighted by Crippen LogP contribution is 2.37. The van der Waals surface area contributed by atoms with Gasteiger partial charge < -0.3 is 14.5 Å². The molecule has 1 heterocycles. The molecule has 19 heavy (non-hydrogen) atoms. The second-order valence-electron chi connectivity index (χ2n) is 3.46. The van der Waals surface area contributed by atoms with Crippen molar-refractivity contribution in [3.8, 4) is 5.75 Å². The number of nitrogens with one attached hydrogen (secondary N) is 1. The maximum Gasteiger partial charge on any atom is 0.387 e. The summed E-state index contributed by atoms with van der Waals surface area (Å²) < 4.78 is 34.5. The van der Waals surface area contributed by atoms with Gasteiger partial charge in [0.25, 0.3) is 0 Å². The van der Waals surface area contributed by atoms with Crippen LogP contribution in [-0.2, 0) is 6.54 Å². The van der Waals surface area contributed by atoms with Crippen LogP contribution in [0, 0.1) is 0 Å². The molecular weight excluding hydrogens is 345 g/mol. The smallest absolute Gasteiger partial charge is 0.387 e. The molecule has 0 atom stereocenters. The van der Waals surface area contributed by atoms with Crippen molar-refractivity contribution in [2.45, 2.75) is 13.2 Å². The fourth-order valence-electron chi connectivity index (χ4n) is 1.41. The first kappa shape index (κ1) is 14.1. The lowest BCUT2D eigenvalue weighted by molar-refractivity contribution is -0.0498. The Morgan fingerprint density at radius 3 is 2.89 bits per heavy atom. The number of hydrogen-bond acceptors (Lipinski definition) is 4. The van der Waals surface area contributed by atoms with Crippen LogP contribution in [-0.4, -0.2) is 11.6 Å². The van der Waals surface area contributed by atoms with Crippen molar-refractivity contribution in [1.82, 2.24) is 4.98 Å². The number of ether oxygens (including phenoxy) is 1. The van der Waals surface area contributed by atoms with Crippen LogP contribution in [0.2, 0.25) is 5.02 Å². The normalized spacial score (nSPS) is 10.8. The average Bonchev–Trinajstić information content (AvgIpc) is 2.83. The van der Waals surface area contributed by atoms with Crippen LogP contribution in [0.15, 0.2) is 33.6 Å². The van der Waals surface area contributed by atoms with Crippen LogP contribution < -0.4 is 10.1 Å². The molecule has 0 aliphatic carbocycles. The third kappa shape index (κ3) is 3.81. The third-order valence-corrected chi connectivity index (χ3v) is 2.96. The zero-order valence-corrected chi connectivity index (χ0v) is 11.7. The second kappa shape index (κ2) is 6.21. The molecule has 0 spiro atoms. The molecule has 1 aromatic carbocycles. The number of nitrogens with zero attached hydrogens (tertiary/aromatic N) is 1. The molecule has 4 nitrogen and oxygen atoms in total. The zero-order chi connectivity index (χ0) is 13.8. The van der Waals surface area contributed by atoms with E-state index in [-0.39, 0.29) is 12.3 Å². The number of aromatic nitrogens is 1. The Kier molecular flexibility index (Phi) is 4.60. The van der Waals surface area contributed by atoms with Gasteiger partial charge in [0.15, 0.2) is 12.1 Å². The predicted molar refractivity (Wildman–Crippen MR) is 69.6 cm³/mol. The zero-order valence-electron chi connectivity index (χ0n) is 9.37. The lowest BCUT2D eigenvalue weighted by Crippen LogP contribution is -2.07. The largest absolute Gasteiger partial charge is 0.447 e. The number of halogens is 4. The Morgan fingerprint density at radius 2 is 2.26 bits per heavy atom. The van der Waals surface area contributed by atoms with Crippen molar-refractivity contribution in [2.24, 2.45) is 0 Å². The fraction of sp³-hybridized carbons (Fsp3) is 0.182. The summed E-state index contributed by atoms with van der Waals surface area (Å²) in [6.45, 7) is -2.66. The van der Waals surface area contributed by atoms with Crippen molar-refractivity contribution >= 4 is 33.2 Å². The molecule has 1 aromatic heterocycles. The van der Waals surface area contributed by atoms with E-state index in [1.54, 1.807) is 0 Å². The summed E-state index contributed by atoms with van der Waals surface area (Å²) in [6, 6.07) is 2.96. The molecule has 0 radical (unpaired) electrons. The summed E-state index contributed by atoms with van der Waals surface area (Å²) >= 11 is 9.00. The van der Waals surface area contributed by atoms with Gasteiger partial charge >= 0.3 is 6.61 Å². The maximum atomic E-state index is 12.4. The first-order valence-electron chi connectivity index (χ1n) is 5.11. The van der Waals surface area contributed by atoms with Gasteiger partial charge in [-0.3, -0.25) is 0 Å². The van der Waals surface area contributed by atoms with Crippen LogP contribution in [0.3, 0.4) is 0 Å². The van der Waals surface area contributed by atoms with Gasteiger partial charge in [-0.2, -0.15) is 8.78 Å². The molecule has 102 valence electrons. The second-order valence-corrected chi connectivity index (χ2v) is 4.75. The van der Waals surface area contributed by atoms with Crippen molar-refractivity contribution in [3.05, 3.63) is 40.0 Å². The molecular formula is C11H8BrClF2N2O2. The summed E-state index contributed by atoms with van der Waals surface area (Å²) in [5.41, 5.74) is 0.330. The average molecular weight is 354 g/mol. The lowest BCUT2D eigenvalue weighted by Gasteiger charge is -2.14. The molecule has 0 unspecified atom stereocenters. The van der Waals surface area contributed by atoms with Gasteiger partial charge in [-0.15, -0.1) is 0 Å². The number of oxazole rings is 1. The first-order chi connectivity index (χ1) is 9.06. The van der Waals surface area contributed by atoms with Crippen molar-refractivity contribution in [1.29, 1.82) is 0 Å². The standard InChI is InChI=1S/C11H8BrClF2N2O2/c12-8-1-6(13)2-9(10(8)19-11(14)15)17-4-7-3-16-5-18-7/h1-3,5,11,17H,4H2. The molecule has 0 saturated heterocycles. The molecule has 0 saturated carbocycles. The Morgan fingerprint density at radius 1 is 1.47 bits per heavy atom. The van der Waals surface area contributed by atoms with Crippen LogP contribution in [0.1, 0.15) is 5.76 Å². The first-order valence-corrected chi connectivity index (χ1v) is 6.28. The molecule has 0 aliphatic rings. The number of anilines is 1. The van der Waals surface area contributed by atoms with E-state index < -0.39 is 6.61 Å². The van der Waals surface area contributed by atoms with Crippen LogP contribution in [0.25, 0.3) is 0 Å². The molecule has 8 heteroatoms. The maximum absolute atomic E-state index is 12.4. The van der Waals surface area contributed by atoms with E-state index in [1.165, 1.54) is 24.7 Å². The van der Waals surface area contributed by atoms with Gasteiger partial charge in [-0.25, -0.2) is 4.98 Å². The molecule has 0 fully saturated rings. The van der Waals surface area contributed by atoms with Gasteiger partial charge in [-0.1, -0.05) is 11.6 Å². The van der Waals surface area contributed by atoms with Gasteiger partial charge in [-0.05, 0) is 28.1 Å². The predicted octanol–water partition coefficient (Wildman–Crippen LogP) is 4.30. The number of benzene rings is 1. The number of rotatable bonds is 5. The Hall–Kier alpha value is -1.34. The van der Waals surface area contributed by atoms with Crippen LogP contribution in [0.5, 0.6) is 5.75 Å². The topological polar surface area (TPSA) is 47.3 Å². The minimum atomic E-state index is -2.93. The van der Waals surface area contributed by atoms with Crippen molar-refractivity contribution < 1.29 is 17.9 Å². The molecule has 1 N–H and O–H groups in total. The van der Waals surface area contributed by atoms with Crippen LogP contribution >= 0.6 is 27.5 Å². The number of hydrogen-bond donors (Lipinski definition) is 1. The SMILES string of the molecule is FC(F)Oc1c(Br)cc(Cl)cc1NCc1cnco1. The van der Waals surface area contributed by atoms with Gasteiger partial charge in [0.1, 0.15) is 5.76 Å². The fourth-order valence-corrected chi connectivity index (χ4v) is 2.32. The highest BCUT2D eigenvalue weighted by atomic mass is 79.9. The van der Waals surface area contributed by atoms with E-state index in [1.807, 2.05) is 0 Å². The molecule has 0 bridgehead atoms. The summed E-state index contributed by atoms with van der Waals surface area (Å²) in [6.07, 6.45) is 2.79. The molecule has 2 aromatic rings. The minimum absolute atomic E-state index is 0.0149. The van der Waals surface area contributed by atoms with E-state index in [9.17, 15) is 8.78 Å². The highest BCUT2D eigenvalue weighted by molar-refractivity contribution is 9.10. The van der Waals surface area contributed by atoms with Crippen molar-refractivity contribution in [3.63, 3.8) is 0 Å². The van der Waals surface area contributed by atoms with Crippen LogP contribution in [0.4, 0.5) is 14.5 Å². The molecule has 2 rings (SSSR count). The van der Waals surface area contributed by atoms with E-state index in [0.29, 0.717) is 20.9 Å². The number of alkyl halides is 2. The monoisotopic (exact) mass is 352 g/mol. The third-order valence-electron chi connectivity index (χ3n) is 2.15. The molecule has 0 aliphatic heterocycles. The summed E-state index contributed by atoms with van der Waals surface area (Å²) in [4.78, 5) is 3.75. The van der Waals surface area contributed by atoms with E-state index in [4.69, 9.17) is 16.0 Å².